The number of rotatable bonds is 3. The molecule has 0 spiro atoms. The standard InChI is InChI=1S/C38H24N2S/c1-5-16-33-29(12-1)30-13-2-6-17-34(30)39(33)28-11-9-10-26(24-28)25-20-22-27(23-21-25)40-35-18-7-3-14-31(35)38-37(40)32-15-4-8-19-36(32)41-38/h1-24H. The Morgan fingerprint density at radius 1 is 0.390 bits per heavy atom. The van der Waals surface area contributed by atoms with E-state index in [0.29, 0.717) is 0 Å². The molecule has 0 aliphatic carbocycles. The van der Waals surface area contributed by atoms with Gasteiger partial charge >= 0.3 is 0 Å². The Hall–Kier alpha value is -5.12. The number of benzene rings is 6. The minimum absolute atomic E-state index is 1.17. The monoisotopic (exact) mass is 540 g/mol. The summed E-state index contributed by atoms with van der Waals surface area (Å²) in [5.74, 6) is 0. The molecule has 0 amide bonds. The SMILES string of the molecule is c1cc(-c2ccc(-n3c4ccccc4c4sc5ccccc5c43)cc2)cc(-n2c3ccccc3c3ccccc32)c1. The van der Waals surface area contributed by atoms with E-state index >= 15 is 0 Å². The smallest absolute Gasteiger partial charge is 0.0727 e. The quantitative estimate of drug-likeness (QED) is 0.211. The maximum absolute atomic E-state index is 2.43. The third-order valence-electron chi connectivity index (χ3n) is 8.33. The number of para-hydroxylation sites is 3. The van der Waals surface area contributed by atoms with E-state index < -0.39 is 0 Å². The number of thiophene rings is 1. The van der Waals surface area contributed by atoms with Crippen molar-refractivity contribution >= 4 is 64.3 Å². The van der Waals surface area contributed by atoms with Crippen LogP contribution in [0.2, 0.25) is 0 Å². The number of hydrogen-bond donors (Lipinski definition) is 0. The van der Waals surface area contributed by atoms with E-state index in [1.807, 2.05) is 11.3 Å². The third-order valence-corrected chi connectivity index (χ3v) is 9.52. The van der Waals surface area contributed by atoms with E-state index in [2.05, 4.69) is 155 Å². The summed E-state index contributed by atoms with van der Waals surface area (Å²) in [5, 5.41) is 5.19. The van der Waals surface area contributed by atoms with Gasteiger partial charge in [-0.1, -0.05) is 97.1 Å². The Morgan fingerprint density at radius 2 is 0.976 bits per heavy atom. The average molecular weight is 541 g/mol. The molecule has 6 aromatic carbocycles. The Labute approximate surface area is 240 Å². The molecule has 3 aromatic heterocycles. The Kier molecular flexibility index (Phi) is 4.80. The number of fused-ring (bicyclic) bond motifs is 8. The van der Waals surface area contributed by atoms with Gasteiger partial charge in [-0.2, -0.15) is 0 Å². The molecule has 0 aliphatic heterocycles. The van der Waals surface area contributed by atoms with Crippen LogP contribution in [0.3, 0.4) is 0 Å². The second-order valence-corrected chi connectivity index (χ2v) is 11.6. The van der Waals surface area contributed by atoms with Crippen LogP contribution in [0.25, 0.3) is 75.5 Å². The van der Waals surface area contributed by atoms with Gasteiger partial charge < -0.3 is 9.13 Å². The predicted octanol–water partition coefficient (Wildman–Crippen LogP) is 10.8. The van der Waals surface area contributed by atoms with Gasteiger partial charge in [0.25, 0.3) is 0 Å². The molecule has 0 fully saturated rings. The maximum Gasteiger partial charge on any atom is 0.0727 e. The second-order valence-electron chi connectivity index (χ2n) is 10.6. The molecule has 0 saturated carbocycles. The molecule has 9 rings (SSSR count). The van der Waals surface area contributed by atoms with Crippen LogP contribution in [0.4, 0.5) is 0 Å². The Morgan fingerprint density at radius 3 is 1.68 bits per heavy atom. The number of nitrogens with zero attached hydrogens (tertiary/aromatic N) is 2. The molecule has 0 unspecified atom stereocenters. The molecule has 9 aromatic rings. The van der Waals surface area contributed by atoms with Crippen LogP contribution in [0.15, 0.2) is 146 Å². The topological polar surface area (TPSA) is 9.86 Å². The highest BCUT2D eigenvalue weighted by atomic mass is 32.1. The molecule has 0 atom stereocenters. The summed E-state index contributed by atoms with van der Waals surface area (Å²) < 4.78 is 7.49. The number of hydrogen-bond acceptors (Lipinski definition) is 1. The first-order valence-electron chi connectivity index (χ1n) is 14.0. The van der Waals surface area contributed by atoms with Crippen molar-refractivity contribution in [1.29, 1.82) is 0 Å². The minimum atomic E-state index is 1.17. The zero-order valence-electron chi connectivity index (χ0n) is 22.2. The lowest BCUT2D eigenvalue weighted by Crippen LogP contribution is -1.95. The van der Waals surface area contributed by atoms with Crippen LogP contribution in [0, 0.1) is 0 Å². The first-order chi connectivity index (χ1) is 20.3. The highest BCUT2D eigenvalue weighted by Gasteiger charge is 2.17. The fourth-order valence-electron chi connectivity index (χ4n) is 6.51. The summed E-state index contributed by atoms with van der Waals surface area (Å²) >= 11 is 1.89. The molecule has 192 valence electrons. The van der Waals surface area contributed by atoms with Crippen molar-refractivity contribution in [3.63, 3.8) is 0 Å². The van der Waals surface area contributed by atoms with Gasteiger partial charge in [0.2, 0.25) is 0 Å². The van der Waals surface area contributed by atoms with Crippen molar-refractivity contribution in [2.75, 3.05) is 0 Å². The van der Waals surface area contributed by atoms with Crippen LogP contribution in [-0.4, -0.2) is 9.13 Å². The Bertz CT molecular complexity index is 2360. The van der Waals surface area contributed by atoms with Gasteiger partial charge in [-0.05, 0) is 59.7 Å². The van der Waals surface area contributed by atoms with Crippen molar-refractivity contribution in [3.8, 4) is 22.5 Å². The van der Waals surface area contributed by atoms with E-state index in [0.717, 1.165) is 0 Å². The highest BCUT2D eigenvalue weighted by Crippen LogP contribution is 2.42. The van der Waals surface area contributed by atoms with Crippen LogP contribution < -0.4 is 0 Å². The summed E-state index contributed by atoms with van der Waals surface area (Å²) in [7, 11) is 0. The molecule has 0 radical (unpaired) electrons. The van der Waals surface area contributed by atoms with Crippen molar-refractivity contribution < 1.29 is 0 Å². The van der Waals surface area contributed by atoms with E-state index in [1.165, 1.54) is 75.5 Å². The molecular weight excluding hydrogens is 516 g/mol. The lowest BCUT2D eigenvalue weighted by Gasteiger charge is -2.12. The van der Waals surface area contributed by atoms with Crippen molar-refractivity contribution in [3.05, 3.63) is 146 Å². The summed E-state index contributed by atoms with van der Waals surface area (Å²) in [6.45, 7) is 0. The minimum Gasteiger partial charge on any atom is -0.309 e. The van der Waals surface area contributed by atoms with Gasteiger partial charge in [0.15, 0.2) is 0 Å². The largest absolute Gasteiger partial charge is 0.309 e. The molecule has 3 heteroatoms. The van der Waals surface area contributed by atoms with Gasteiger partial charge in [0, 0.05) is 37.6 Å². The number of aromatic nitrogens is 2. The normalized spacial score (nSPS) is 11.9. The first-order valence-corrected chi connectivity index (χ1v) is 14.8. The van der Waals surface area contributed by atoms with Gasteiger partial charge in [0.05, 0.1) is 26.8 Å². The second kappa shape index (κ2) is 8.69. The van der Waals surface area contributed by atoms with Gasteiger partial charge in [-0.25, -0.2) is 0 Å². The molecule has 0 N–H and O–H groups in total. The fourth-order valence-corrected chi connectivity index (χ4v) is 7.74. The van der Waals surface area contributed by atoms with E-state index in [4.69, 9.17) is 0 Å². The summed E-state index contributed by atoms with van der Waals surface area (Å²) in [6.07, 6.45) is 0. The predicted molar refractivity (Wildman–Crippen MR) is 176 cm³/mol. The molecule has 41 heavy (non-hydrogen) atoms. The maximum atomic E-state index is 2.43. The van der Waals surface area contributed by atoms with Crippen molar-refractivity contribution in [1.82, 2.24) is 9.13 Å². The lowest BCUT2D eigenvalue weighted by molar-refractivity contribution is 1.18. The van der Waals surface area contributed by atoms with Gasteiger partial charge in [-0.15, -0.1) is 11.3 Å². The third kappa shape index (κ3) is 3.30. The van der Waals surface area contributed by atoms with Crippen molar-refractivity contribution in [2.24, 2.45) is 0 Å². The summed E-state index contributed by atoms with van der Waals surface area (Å²) in [5.41, 5.74) is 9.78. The van der Waals surface area contributed by atoms with Gasteiger partial charge in [0.1, 0.15) is 0 Å². The molecule has 2 nitrogen and oxygen atoms in total. The summed E-state index contributed by atoms with van der Waals surface area (Å²) in [6, 6.07) is 52.8. The van der Waals surface area contributed by atoms with E-state index in [1.54, 1.807) is 0 Å². The average Bonchev–Trinajstić information content (AvgIpc) is 3.68. The molecule has 0 aliphatic rings. The Balaban J connectivity index is 1.19. The van der Waals surface area contributed by atoms with Crippen LogP contribution in [-0.2, 0) is 0 Å². The summed E-state index contributed by atoms with van der Waals surface area (Å²) in [4.78, 5) is 0. The lowest BCUT2D eigenvalue weighted by atomic mass is 10.0. The van der Waals surface area contributed by atoms with Crippen molar-refractivity contribution in [2.45, 2.75) is 0 Å². The van der Waals surface area contributed by atoms with E-state index in [9.17, 15) is 0 Å². The molecule has 0 bridgehead atoms. The van der Waals surface area contributed by atoms with Crippen LogP contribution >= 0.6 is 11.3 Å². The first kappa shape index (κ1) is 22.7. The highest BCUT2D eigenvalue weighted by molar-refractivity contribution is 7.26. The molecule has 3 heterocycles. The van der Waals surface area contributed by atoms with E-state index in [-0.39, 0.29) is 0 Å². The molecular formula is C38H24N2S. The van der Waals surface area contributed by atoms with Gasteiger partial charge in [-0.3, -0.25) is 0 Å². The zero-order chi connectivity index (χ0) is 26.9. The van der Waals surface area contributed by atoms with Crippen LogP contribution in [0.5, 0.6) is 0 Å². The zero-order valence-corrected chi connectivity index (χ0v) is 23.0. The molecule has 0 saturated heterocycles. The van der Waals surface area contributed by atoms with Crippen LogP contribution in [0.1, 0.15) is 0 Å². The fraction of sp³-hybridized carbons (Fsp3) is 0.